The lowest BCUT2D eigenvalue weighted by Gasteiger charge is -2.31. The number of ether oxygens (including phenoxy) is 1. The Labute approximate surface area is 200 Å². The molecule has 0 saturated heterocycles. The van der Waals surface area contributed by atoms with Crippen molar-refractivity contribution in [3.8, 4) is 11.1 Å². The van der Waals surface area contributed by atoms with Crippen LogP contribution in [0.2, 0.25) is 0 Å². The summed E-state index contributed by atoms with van der Waals surface area (Å²) in [6.07, 6.45) is -0.726. The minimum Gasteiger partial charge on any atom is -0.480 e. The minimum absolute atomic E-state index is 0.100. The van der Waals surface area contributed by atoms with Crippen molar-refractivity contribution in [3.05, 3.63) is 59.7 Å². The fraction of sp³-hybridized carbons (Fsp3) is 0.423. The van der Waals surface area contributed by atoms with Gasteiger partial charge in [0.25, 0.3) is 0 Å². The third-order valence-corrected chi connectivity index (χ3v) is 5.90. The van der Waals surface area contributed by atoms with Crippen molar-refractivity contribution in [1.29, 1.82) is 0 Å². The van der Waals surface area contributed by atoms with E-state index >= 15 is 0 Å². The number of carboxylic acids is 1. The number of fused-ring (bicyclic) bond motifs is 3. The highest BCUT2D eigenvalue weighted by atomic mass is 16.5. The average molecular weight is 468 g/mol. The lowest BCUT2D eigenvalue weighted by molar-refractivity contribution is -0.143. The van der Waals surface area contributed by atoms with E-state index in [0.29, 0.717) is 0 Å². The summed E-state index contributed by atoms with van der Waals surface area (Å²) in [4.78, 5) is 38.9. The van der Waals surface area contributed by atoms with Crippen LogP contribution in [0.25, 0.3) is 11.1 Å². The Bertz CT molecular complexity index is 1010. The molecule has 0 saturated carbocycles. The molecule has 2 aromatic rings. The van der Waals surface area contributed by atoms with Gasteiger partial charge in [-0.05, 0) is 41.8 Å². The molecule has 0 aromatic heterocycles. The Morgan fingerprint density at radius 1 is 0.971 bits per heavy atom. The first-order valence-electron chi connectivity index (χ1n) is 11.3. The van der Waals surface area contributed by atoms with Gasteiger partial charge in [0.2, 0.25) is 5.91 Å². The topological polar surface area (TPSA) is 108 Å². The molecule has 1 aliphatic rings. The van der Waals surface area contributed by atoms with E-state index in [9.17, 15) is 19.5 Å². The van der Waals surface area contributed by atoms with Crippen LogP contribution in [0.4, 0.5) is 4.79 Å². The first-order valence-corrected chi connectivity index (χ1v) is 11.3. The van der Waals surface area contributed by atoms with Gasteiger partial charge >= 0.3 is 12.1 Å². The Hall–Kier alpha value is -3.39. The number of alkyl carbamates (subject to hydrolysis) is 1. The van der Waals surface area contributed by atoms with E-state index in [2.05, 4.69) is 22.8 Å². The lowest BCUT2D eigenvalue weighted by atomic mass is 9.86. The molecular weight excluding hydrogens is 434 g/mol. The van der Waals surface area contributed by atoms with Crippen molar-refractivity contribution < 1.29 is 24.2 Å². The van der Waals surface area contributed by atoms with Gasteiger partial charge in [-0.25, -0.2) is 9.59 Å². The number of carbonyl (C=O) groups is 3. The van der Waals surface area contributed by atoms with Gasteiger partial charge in [0.15, 0.2) is 0 Å². The number of hydrogen-bond acceptors (Lipinski definition) is 5. The zero-order valence-electron chi connectivity index (χ0n) is 20.3. The molecule has 0 aliphatic heterocycles. The van der Waals surface area contributed by atoms with Gasteiger partial charge in [-0.2, -0.15) is 0 Å². The second-order valence-corrected chi connectivity index (χ2v) is 9.93. The number of aliphatic carboxylic acids is 1. The van der Waals surface area contributed by atoms with E-state index in [1.165, 1.54) is 0 Å². The number of amides is 2. The van der Waals surface area contributed by atoms with Crippen LogP contribution in [-0.4, -0.2) is 67.3 Å². The van der Waals surface area contributed by atoms with Crippen LogP contribution in [-0.2, 0) is 14.3 Å². The first-order chi connectivity index (χ1) is 16.0. The molecule has 8 heteroatoms. The van der Waals surface area contributed by atoms with Crippen LogP contribution >= 0.6 is 0 Å². The van der Waals surface area contributed by atoms with Gasteiger partial charge in [0.1, 0.15) is 18.7 Å². The summed E-state index contributed by atoms with van der Waals surface area (Å²) < 4.78 is 5.58. The van der Waals surface area contributed by atoms with Crippen LogP contribution in [0.1, 0.15) is 37.8 Å². The molecule has 3 rings (SSSR count). The molecule has 0 heterocycles. The summed E-state index contributed by atoms with van der Waals surface area (Å²) >= 11 is 0. The molecule has 0 bridgehead atoms. The van der Waals surface area contributed by atoms with Crippen molar-refractivity contribution in [3.63, 3.8) is 0 Å². The predicted octanol–water partition coefficient (Wildman–Crippen LogP) is 3.07. The molecule has 8 nitrogen and oxygen atoms in total. The number of likely N-dealkylation sites (N-methyl/N-ethyl adjacent to an activating group) is 1. The number of nitrogens with one attached hydrogen (secondary N) is 2. The fourth-order valence-corrected chi connectivity index (χ4v) is 4.24. The molecule has 0 radical (unpaired) electrons. The van der Waals surface area contributed by atoms with E-state index < -0.39 is 35.5 Å². The van der Waals surface area contributed by atoms with Gasteiger partial charge in [-0.15, -0.1) is 0 Å². The number of rotatable bonds is 8. The molecule has 0 spiro atoms. The molecule has 1 aliphatic carbocycles. The summed E-state index contributed by atoms with van der Waals surface area (Å²) in [5.74, 6) is -1.82. The second-order valence-electron chi connectivity index (χ2n) is 9.93. The summed E-state index contributed by atoms with van der Waals surface area (Å²) in [6.45, 7) is 5.63. The molecule has 2 aromatic carbocycles. The molecule has 2 atom stereocenters. The van der Waals surface area contributed by atoms with Gasteiger partial charge in [-0.1, -0.05) is 69.3 Å². The van der Waals surface area contributed by atoms with Crippen molar-refractivity contribution in [2.24, 2.45) is 5.41 Å². The molecule has 0 unspecified atom stereocenters. The van der Waals surface area contributed by atoms with Crippen LogP contribution < -0.4 is 10.6 Å². The number of benzene rings is 2. The van der Waals surface area contributed by atoms with Crippen molar-refractivity contribution in [2.45, 2.75) is 38.8 Å². The van der Waals surface area contributed by atoms with Crippen LogP contribution in [0.3, 0.4) is 0 Å². The minimum atomic E-state index is -1.14. The molecule has 2 amide bonds. The quantitative estimate of drug-likeness (QED) is 0.551. The first kappa shape index (κ1) is 25.2. The van der Waals surface area contributed by atoms with E-state index in [1.807, 2.05) is 36.4 Å². The van der Waals surface area contributed by atoms with Gasteiger partial charge in [0.05, 0.1) is 0 Å². The fourth-order valence-electron chi connectivity index (χ4n) is 4.24. The van der Waals surface area contributed by atoms with Crippen molar-refractivity contribution in [2.75, 3.05) is 27.2 Å². The highest BCUT2D eigenvalue weighted by molar-refractivity contribution is 5.90. The predicted molar refractivity (Wildman–Crippen MR) is 130 cm³/mol. The molecule has 182 valence electrons. The summed E-state index contributed by atoms with van der Waals surface area (Å²) in [7, 11) is 3.44. The number of nitrogens with zero attached hydrogens (tertiary/aromatic N) is 1. The Kier molecular flexibility index (Phi) is 7.61. The van der Waals surface area contributed by atoms with Crippen LogP contribution in [0, 0.1) is 5.41 Å². The van der Waals surface area contributed by atoms with Gasteiger partial charge in [-0.3, -0.25) is 4.79 Å². The molecular formula is C26H33N3O5. The van der Waals surface area contributed by atoms with E-state index in [-0.39, 0.29) is 19.1 Å². The summed E-state index contributed by atoms with van der Waals surface area (Å²) in [5, 5.41) is 14.6. The Morgan fingerprint density at radius 3 is 1.97 bits per heavy atom. The van der Waals surface area contributed by atoms with E-state index in [0.717, 1.165) is 22.3 Å². The second kappa shape index (κ2) is 10.3. The lowest BCUT2D eigenvalue weighted by Crippen LogP contribution is -2.58. The monoisotopic (exact) mass is 467 g/mol. The molecule has 34 heavy (non-hydrogen) atoms. The van der Waals surface area contributed by atoms with Gasteiger partial charge in [0, 0.05) is 12.5 Å². The van der Waals surface area contributed by atoms with E-state index in [1.54, 1.807) is 39.8 Å². The number of carbonyl (C=O) groups excluding carboxylic acids is 2. The van der Waals surface area contributed by atoms with Gasteiger partial charge < -0.3 is 25.4 Å². The summed E-state index contributed by atoms with van der Waals surface area (Å²) in [5.41, 5.74) is 3.76. The molecule has 0 fully saturated rings. The average Bonchev–Trinajstić information content (AvgIpc) is 3.08. The maximum atomic E-state index is 12.9. The highest BCUT2D eigenvalue weighted by Gasteiger charge is 2.36. The summed E-state index contributed by atoms with van der Waals surface area (Å²) in [6, 6.07) is 14.0. The maximum Gasteiger partial charge on any atom is 0.407 e. The Balaban J connectivity index is 1.69. The smallest absolute Gasteiger partial charge is 0.407 e. The Morgan fingerprint density at radius 2 is 1.50 bits per heavy atom. The van der Waals surface area contributed by atoms with Crippen LogP contribution in [0.15, 0.2) is 48.5 Å². The van der Waals surface area contributed by atoms with Crippen LogP contribution in [0.5, 0.6) is 0 Å². The number of hydrogen-bond donors (Lipinski definition) is 3. The third-order valence-electron chi connectivity index (χ3n) is 5.90. The zero-order chi connectivity index (χ0) is 25.0. The van der Waals surface area contributed by atoms with Crippen molar-refractivity contribution >= 4 is 18.0 Å². The molecule has 3 N–H and O–H groups in total. The standard InChI is InChI=1S/C26H33N3O5/c1-26(2,3)22(23(30)27-21(24(31)32)14-29(4)5)28-25(33)34-15-20-18-12-8-6-10-16(18)17-11-7-9-13-19(17)20/h6-13,20-22H,14-15H2,1-5H3,(H,27,30)(H,28,33)(H,31,32)/t21-,22-/m0/s1. The van der Waals surface area contributed by atoms with E-state index in [4.69, 9.17) is 4.74 Å². The highest BCUT2D eigenvalue weighted by Crippen LogP contribution is 2.44. The largest absolute Gasteiger partial charge is 0.480 e. The third kappa shape index (κ3) is 5.75. The zero-order valence-corrected chi connectivity index (χ0v) is 20.3. The SMILES string of the molecule is CN(C)C[C@H](NC(=O)[C@H](NC(=O)OCC1c2ccccc2-c2ccccc21)C(C)(C)C)C(=O)O. The normalized spacial score (nSPS) is 14.6. The number of carboxylic acid groups (broad SMARTS) is 1. The maximum absolute atomic E-state index is 12.9. The van der Waals surface area contributed by atoms with Crippen molar-refractivity contribution in [1.82, 2.24) is 15.5 Å².